The Morgan fingerprint density at radius 1 is 1.47 bits per heavy atom. The van der Waals surface area contributed by atoms with Crippen molar-refractivity contribution in [1.82, 2.24) is 5.43 Å². The zero-order valence-corrected chi connectivity index (χ0v) is 10.7. The molecule has 2 rings (SSSR count). The van der Waals surface area contributed by atoms with Crippen LogP contribution in [0.3, 0.4) is 0 Å². The molecule has 0 amide bonds. The largest absolute Gasteiger partial charge is 0.496 e. The summed E-state index contributed by atoms with van der Waals surface area (Å²) in [4.78, 5) is 0. The molecule has 17 heavy (non-hydrogen) atoms. The Balaban J connectivity index is 2.12. The van der Waals surface area contributed by atoms with Gasteiger partial charge in [-0.05, 0) is 43.7 Å². The first-order chi connectivity index (χ1) is 8.24. The minimum Gasteiger partial charge on any atom is -0.496 e. The highest BCUT2D eigenvalue weighted by molar-refractivity contribution is 5.37. The Bertz CT molecular complexity index is 374. The predicted octanol–water partition coefficient (Wildman–Crippen LogP) is 2.18. The normalized spacial score (nSPS) is 17.6. The summed E-state index contributed by atoms with van der Waals surface area (Å²) in [5, 5.41) is 0. The van der Waals surface area contributed by atoms with Gasteiger partial charge < -0.3 is 4.74 Å². The van der Waals surface area contributed by atoms with Crippen molar-refractivity contribution in [1.29, 1.82) is 0 Å². The molecule has 1 aromatic carbocycles. The molecular weight excluding hydrogens is 212 g/mol. The molecule has 1 aliphatic rings. The summed E-state index contributed by atoms with van der Waals surface area (Å²) in [7, 11) is 1.72. The Hall–Kier alpha value is -1.06. The van der Waals surface area contributed by atoms with Gasteiger partial charge in [0, 0.05) is 6.04 Å². The molecule has 0 spiro atoms. The lowest BCUT2D eigenvalue weighted by atomic mass is 9.78. The number of nitrogens with two attached hydrogens (primary N) is 1. The van der Waals surface area contributed by atoms with E-state index in [1.807, 2.05) is 6.07 Å². The highest BCUT2D eigenvalue weighted by Crippen LogP contribution is 2.32. The molecule has 0 saturated heterocycles. The Morgan fingerprint density at radius 2 is 2.24 bits per heavy atom. The summed E-state index contributed by atoms with van der Waals surface area (Å²) in [6.45, 7) is 2.11. The van der Waals surface area contributed by atoms with Crippen LogP contribution < -0.4 is 16.0 Å². The molecule has 1 unspecified atom stereocenters. The maximum Gasteiger partial charge on any atom is 0.122 e. The number of hydrogen-bond donors (Lipinski definition) is 2. The first kappa shape index (κ1) is 12.4. The van der Waals surface area contributed by atoms with Crippen LogP contribution in [-0.4, -0.2) is 13.2 Å². The SMILES string of the molecule is COc1ccc(C)cc1CC(NN)C1CCC1. The van der Waals surface area contributed by atoms with Crippen molar-refractivity contribution < 1.29 is 4.74 Å². The minimum atomic E-state index is 0.374. The lowest BCUT2D eigenvalue weighted by molar-refractivity contribution is 0.227. The van der Waals surface area contributed by atoms with Gasteiger partial charge in [-0.25, -0.2) is 0 Å². The van der Waals surface area contributed by atoms with E-state index in [0.717, 1.165) is 18.1 Å². The van der Waals surface area contributed by atoms with Gasteiger partial charge in [0.05, 0.1) is 7.11 Å². The van der Waals surface area contributed by atoms with E-state index in [2.05, 4.69) is 24.5 Å². The van der Waals surface area contributed by atoms with Crippen LogP contribution in [0.15, 0.2) is 18.2 Å². The average molecular weight is 234 g/mol. The van der Waals surface area contributed by atoms with Crippen molar-refractivity contribution in [2.75, 3.05) is 7.11 Å². The van der Waals surface area contributed by atoms with E-state index in [1.54, 1.807) is 7.11 Å². The fourth-order valence-electron chi connectivity index (χ4n) is 2.51. The van der Waals surface area contributed by atoms with E-state index < -0.39 is 0 Å². The second kappa shape index (κ2) is 5.52. The quantitative estimate of drug-likeness (QED) is 0.606. The fraction of sp³-hybridized carbons (Fsp3) is 0.571. The first-order valence-corrected chi connectivity index (χ1v) is 6.34. The van der Waals surface area contributed by atoms with Crippen LogP contribution in [0.5, 0.6) is 5.75 Å². The van der Waals surface area contributed by atoms with Crippen molar-refractivity contribution >= 4 is 0 Å². The lowest BCUT2D eigenvalue weighted by Gasteiger charge is -2.33. The molecule has 0 radical (unpaired) electrons. The number of nitrogens with one attached hydrogen (secondary N) is 1. The Labute approximate surface area is 103 Å². The number of hydrazine groups is 1. The molecule has 1 fully saturated rings. The number of methoxy groups -OCH3 is 1. The van der Waals surface area contributed by atoms with Gasteiger partial charge >= 0.3 is 0 Å². The molecule has 3 N–H and O–H groups in total. The monoisotopic (exact) mass is 234 g/mol. The zero-order valence-electron chi connectivity index (χ0n) is 10.7. The maximum atomic E-state index is 5.67. The van der Waals surface area contributed by atoms with Gasteiger partial charge in [0.1, 0.15) is 5.75 Å². The lowest BCUT2D eigenvalue weighted by Crippen LogP contribution is -2.44. The predicted molar refractivity (Wildman–Crippen MR) is 69.9 cm³/mol. The van der Waals surface area contributed by atoms with Crippen LogP contribution in [0.25, 0.3) is 0 Å². The zero-order chi connectivity index (χ0) is 12.3. The van der Waals surface area contributed by atoms with E-state index >= 15 is 0 Å². The summed E-state index contributed by atoms with van der Waals surface area (Å²) < 4.78 is 5.41. The maximum absolute atomic E-state index is 5.67. The molecule has 1 aliphatic carbocycles. The standard InChI is InChI=1S/C14H22N2O/c1-10-6-7-14(17-2)12(8-10)9-13(16-15)11-4-3-5-11/h6-8,11,13,16H,3-5,9,15H2,1-2H3. The van der Waals surface area contributed by atoms with Gasteiger partial charge in [0.2, 0.25) is 0 Å². The van der Waals surface area contributed by atoms with Crippen LogP contribution >= 0.6 is 0 Å². The first-order valence-electron chi connectivity index (χ1n) is 6.34. The topological polar surface area (TPSA) is 47.3 Å². The summed E-state index contributed by atoms with van der Waals surface area (Å²) in [6, 6.07) is 6.69. The fourth-order valence-corrected chi connectivity index (χ4v) is 2.51. The van der Waals surface area contributed by atoms with Gasteiger partial charge in [-0.3, -0.25) is 11.3 Å². The van der Waals surface area contributed by atoms with Gasteiger partial charge in [-0.1, -0.05) is 24.1 Å². The molecule has 1 saturated carbocycles. The molecule has 0 heterocycles. The van der Waals surface area contributed by atoms with E-state index in [1.165, 1.54) is 30.4 Å². The number of aryl methyl sites for hydroxylation is 1. The second-order valence-corrected chi connectivity index (χ2v) is 4.98. The van der Waals surface area contributed by atoms with Crippen LogP contribution in [0.4, 0.5) is 0 Å². The Kier molecular flexibility index (Phi) is 4.02. The smallest absolute Gasteiger partial charge is 0.122 e. The highest BCUT2D eigenvalue weighted by atomic mass is 16.5. The molecule has 3 heteroatoms. The summed E-state index contributed by atoms with van der Waals surface area (Å²) in [5.41, 5.74) is 5.49. The van der Waals surface area contributed by atoms with E-state index in [0.29, 0.717) is 6.04 Å². The molecule has 3 nitrogen and oxygen atoms in total. The average Bonchev–Trinajstić information content (AvgIpc) is 2.26. The van der Waals surface area contributed by atoms with Crippen molar-refractivity contribution in [2.24, 2.45) is 11.8 Å². The molecule has 1 atom stereocenters. The number of hydrogen-bond acceptors (Lipinski definition) is 3. The number of rotatable bonds is 5. The molecule has 0 aliphatic heterocycles. The Morgan fingerprint density at radius 3 is 2.76 bits per heavy atom. The molecule has 0 aromatic heterocycles. The molecular formula is C14H22N2O. The number of ether oxygens (including phenoxy) is 1. The van der Waals surface area contributed by atoms with E-state index in [4.69, 9.17) is 10.6 Å². The third-order valence-electron chi connectivity index (χ3n) is 3.81. The summed E-state index contributed by atoms with van der Waals surface area (Å²) in [6.07, 6.45) is 4.88. The molecule has 0 bridgehead atoms. The third kappa shape index (κ3) is 2.79. The van der Waals surface area contributed by atoms with Crippen LogP contribution in [0.2, 0.25) is 0 Å². The van der Waals surface area contributed by atoms with Crippen LogP contribution in [0.1, 0.15) is 30.4 Å². The number of benzene rings is 1. The van der Waals surface area contributed by atoms with Gasteiger partial charge in [-0.2, -0.15) is 0 Å². The molecule has 1 aromatic rings. The van der Waals surface area contributed by atoms with Gasteiger partial charge in [0.25, 0.3) is 0 Å². The third-order valence-corrected chi connectivity index (χ3v) is 3.81. The second-order valence-electron chi connectivity index (χ2n) is 4.98. The van der Waals surface area contributed by atoms with Crippen LogP contribution in [0, 0.1) is 12.8 Å². The van der Waals surface area contributed by atoms with Crippen molar-refractivity contribution in [2.45, 2.75) is 38.6 Å². The van der Waals surface area contributed by atoms with E-state index in [-0.39, 0.29) is 0 Å². The van der Waals surface area contributed by atoms with Crippen molar-refractivity contribution in [3.8, 4) is 5.75 Å². The summed E-state index contributed by atoms with van der Waals surface area (Å²) >= 11 is 0. The van der Waals surface area contributed by atoms with Crippen molar-refractivity contribution in [3.63, 3.8) is 0 Å². The summed E-state index contributed by atoms with van der Waals surface area (Å²) in [5.74, 6) is 7.36. The van der Waals surface area contributed by atoms with Crippen molar-refractivity contribution in [3.05, 3.63) is 29.3 Å². The highest BCUT2D eigenvalue weighted by Gasteiger charge is 2.27. The van der Waals surface area contributed by atoms with Crippen LogP contribution in [-0.2, 0) is 6.42 Å². The van der Waals surface area contributed by atoms with E-state index in [9.17, 15) is 0 Å². The van der Waals surface area contributed by atoms with Gasteiger partial charge in [-0.15, -0.1) is 0 Å². The van der Waals surface area contributed by atoms with Gasteiger partial charge in [0.15, 0.2) is 0 Å². The molecule has 94 valence electrons. The minimum absolute atomic E-state index is 0.374.